The maximum absolute atomic E-state index is 12.3. The van der Waals surface area contributed by atoms with Crippen molar-refractivity contribution in [3.63, 3.8) is 0 Å². The van der Waals surface area contributed by atoms with E-state index in [2.05, 4.69) is 22.8 Å². The second-order valence-electron chi connectivity index (χ2n) is 7.37. The lowest BCUT2D eigenvalue weighted by atomic mass is 9.98. The molecule has 2 aromatic carbocycles. The summed E-state index contributed by atoms with van der Waals surface area (Å²) >= 11 is 1.50. The lowest BCUT2D eigenvalue weighted by Crippen LogP contribution is -2.50. The molecule has 0 aromatic heterocycles. The maximum Gasteiger partial charge on any atom is 0.407 e. The van der Waals surface area contributed by atoms with E-state index < -0.39 is 30.1 Å². The second kappa shape index (κ2) is 10.3. The number of rotatable bonds is 9. The number of hydrogen-bond acceptors (Lipinski definition) is 5. The zero-order valence-electron chi connectivity index (χ0n) is 17.5. The van der Waals surface area contributed by atoms with Crippen LogP contribution in [0.5, 0.6) is 0 Å². The van der Waals surface area contributed by atoms with Crippen LogP contribution in [0.4, 0.5) is 4.79 Å². The van der Waals surface area contributed by atoms with Gasteiger partial charge in [-0.15, -0.1) is 0 Å². The molecule has 164 valence electrons. The number of nitrogens with one attached hydrogen (secondary N) is 2. The molecule has 0 radical (unpaired) electrons. The standard InChI is InChI=1S/C23H26N2O5S/c1-14(21(26)25-20(22(27)28)11-12-31-2)24-23(29)30-13-19-17-9-5-3-7-15(17)16-8-4-6-10-18(16)19/h3-10,14,19-20H,11-13H2,1-2H3,(H,24,29)(H,25,26)(H,27,28)/t14?,20-/m0/s1. The summed E-state index contributed by atoms with van der Waals surface area (Å²) in [5.41, 5.74) is 4.45. The number of ether oxygens (including phenoxy) is 1. The van der Waals surface area contributed by atoms with Crippen molar-refractivity contribution >= 4 is 29.7 Å². The van der Waals surface area contributed by atoms with Gasteiger partial charge in [0.25, 0.3) is 0 Å². The highest BCUT2D eigenvalue weighted by Crippen LogP contribution is 2.44. The van der Waals surface area contributed by atoms with Crippen LogP contribution in [-0.2, 0) is 14.3 Å². The SMILES string of the molecule is CSCC[C@H](NC(=O)C(C)NC(=O)OCC1c2ccccc2-c2ccccc21)C(=O)O. The minimum Gasteiger partial charge on any atom is -0.480 e. The van der Waals surface area contributed by atoms with Crippen molar-refractivity contribution in [2.24, 2.45) is 0 Å². The number of fused-ring (bicyclic) bond motifs is 3. The molecular formula is C23H26N2O5S. The summed E-state index contributed by atoms with van der Waals surface area (Å²) in [5.74, 6) is -1.14. The largest absolute Gasteiger partial charge is 0.480 e. The zero-order chi connectivity index (χ0) is 22.4. The van der Waals surface area contributed by atoms with Gasteiger partial charge < -0.3 is 20.5 Å². The van der Waals surface area contributed by atoms with Gasteiger partial charge in [-0.25, -0.2) is 9.59 Å². The number of carboxylic acid groups (broad SMARTS) is 1. The molecule has 0 bridgehead atoms. The molecule has 0 heterocycles. The van der Waals surface area contributed by atoms with Gasteiger partial charge in [0.05, 0.1) is 0 Å². The van der Waals surface area contributed by atoms with Gasteiger partial charge >= 0.3 is 12.1 Å². The quantitative estimate of drug-likeness (QED) is 0.551. The van der Waals surface area contributed by atoms with Gasteiger partial charge in [-0.1, -0.05) is 48.5 Å². The van der Waals surface area contributed by atoms with E-state index in [9.17, 15) is 19.5 Å². The van der Waals surface area contributed by atoms with E-state index >= 15 is 0 Å². The van der Waals surface area contributed by atoms with Crippen molar-refractivity contribution in [3.05, 3.63) is 59.7 Å². The third kappa shape index (κ3) is 5.38. The van der Waals surface area contributed by atoms with E-state index in [0.29, 0.717) is 12.2 Å². The fourth-order valence-electron chi connectivity index (χ4n) is 3.67. The van der Waals surface area contributed by atoms with Crippen LogP contribution in [0, 0.1) is 0 Å². The maximum atomic E-state index is 12.3. The Morgan fingerprint density at radius 1 is 1.03 bits per heavy atom. The molecule has 0 fully saturated rings. The minimum absolute atomic E-state index is 0.0785. The van der Waals surface area contributed by atoms with Crippen LogP contribution in [0.2, 0.25) is 0 Å². The molecule has 8 heteroatoms. The number of aliphatic carboxylic acids is 1. The fourth-order valence-corrected chi connectivity index (χ4v) is 4.14. The molecule has 1 unspecified atom stereocenters. The van der Waals surface area contributed by atoms with Crippen molar-refractivity contribution in [1.82, 2.24) is 10.6 Å². The molecule has 0 saturated carbocycles. The van der Waals surface area contributed by atoms with Crippen molar-refractivity contribution in [2.45, 2.75) is 31.3 Å². The molecule has 2 aromatic rings. The summed E-state index contributed by atoms with van der Waals surface area (Å²) in [7, 11) is 0. The lowest BCUT2D eigenvalue weighted by Gasteiger charge is -2.19. The Morgan fingerprint density at radius 2 is 1.61 bits per heavy atom. The normalized spacial score (nSPS) is 14.1. The highest BCUT2D eigenvalue weighted by molar-refractivity contribution is 7.98. The molecule has 1 aliphatic carbocycles. The van der Waals surface area contributed by atoms with E-state index in [1.54, 1.807) is 0 Å². The molecule has 1 aliphatic rings. The number of benzene rings is 2. The smallest absolute Gasteiger partial charge is 0.407 e. The summed E-state index contributed by atoms with van der Waals surface area (Å²) in [4.78, 5) is 35.9. The van der Waals surface area contributed by atoms with E-state index in [1.807, 2.05) is 42.7 Å². The van der Waals surface area contributed by atoms with Gasteiger partial charge in [-0.2, -0.15) is 11.8 Å². The molecule has 3 rings (SSSR count). The predicted molar refractivity (Wildman–Crippen MR) is 120 cm³/mol. The van der Waals surface area contributed by atoms with Gasteiger partial charge in [0.2, 0.25) is 5.91 Å². The number of carbonyl (C=O) groups excluding carboxylic acids is 2. The van der Waals surface area contributed by atoms with Crippen molar-refractivity contribution in [2.75, 3.05) is 18.6 Å². The summed E-state index contributed by atoms with van der Waals surface area (Å²) in [6.07, 6.45) is 1.45. The van der Waals surface area contributed by atoms with Crippen molar-refractivity contribution < 1.29 is 24.2 Å². The topological polar surface area (TPSA) is 105 Å². The Bertz CT molecular complexity index is 919. The van der Waals surface area contributed by atoms with E-state index in [0.717, 1.165) is 22.3 Å². The first-order valence-electron chi connectivity index (χ1n) is 10.1. The zero-order valence-corrected chi connectivity index (χ0v) is 18.3. The third-order valence-electron chi connectivity index (χ3n) is 5.30. The van der Waals surface area contributed by atoms with Crippen LogP contribution in [0.3, 0.4) is 0 Å². The van der Waals surface area contributed by atoms with Gasteiger partial charge in [0.1, 0.15) is 18.7 Å². The molecule has 31 heavy (non-hydrogen) atoms. The predicted octanol–water partition coefficient (Wildman–Crippen LogP) is 3.24. The third-order valence-corrected chi connectivity index (χ3v) is 5.94. The van der Waals surface area contributed by atoms with Gasteiger partial charge in [-0.05, 0) is 47.6 Å². The molecule has 0 saturated heterocycles. The number of amides is 2. The van der Waals surface area contributed by atoms with Gasteiger partial charge in [0.15, 0.2) is 0 Å². The number of carbonyl (C=O) groups is 3. The van der Waals surface area contributed by atoms with Crippen LogP contribution in [0.25, 0.3) is 11.1 Å². The first kappa shape index (κ1) is 22.7. The van der Waals surface area contributed by atoms with Crippen LogP contribution >= 0.6 is 11.8 Å². The van der Waals surface area contributed by atoms with Crippen LogP contribution in [0.15, 0.2) is 48.5 Å². The molecule has 0 spiro atoms. The van der Waals surface area contributed by atoms with E-state index in [4.69, 9.17) is 4.74 Å². The second-order valence-corrected chi connectivity index (χ2v) is 8.36. The van der Waals surface area contributed by atoms with Gasteiger partial charge in [-0.3, -0.25) is 4.79 Å². The Labute approximate surface area is 185 Å². The molecular weight excluding hydrogens is 416 g/mol. The lowest BCUT2D eigenvalue weighted by molar-refractivity contribution is -0.142. The monoisotopic (exact) mass is 442 g/mol. The average molecular weight is 443 g/mol. The molecule has 2 amide bonds. The summed E-state index contributed by atoms with van der Waals surface area (Å²) in [6.45, 7) is 1.63. The summed E-state index contributed by atoms with van der Waals surface area (Å²) < 4.78 is 5.43. The fraction of sp³-hybridized carbons (Fsp3) is 0.348. The minimum atomic E-state index is -1.10. The molecule has 0 aliphatic heterocycles. The number of hydrogen-bond donors (Lipinski definition) is 3. The highest BCUT2D eigenvalue weighted by Gasteiger charge is 2.29. The van der Waals surface area contributed by atoms with Crippen molar-refractivity contribution in [1.29, 1.82) is 0 Å². The Hall–Kier alpha value is -3.00. The first-order chi connectivity index (χ1) is 14.9. The van der Waals surface area contributed by atoms with Crippen LogP contribution < -0.4 is 10.6 Å². The van der Waals surface area contributed by atoms with Crippen molar-refractivity contribution in [3.8, 4) is 11.1 Å². The van der Waals surface area contributed by atoms with Crippen LogP contribution in [-0.4, -0.2) is 53.8 Å². The number of thioether (sulfide) groups is 1. The average Bonchev–Trinajstić information content (AvgIpc) is 3.08. The first-order valence-corrected chi connectivity index (χ1v) is 11.5. The summed E-state index contributed by atoms with van der Waals surface area (Å²) in [5, 5.41) is 14.2. The van der Waals surface area contributed by atoms with E-state index in [-0.39, 0.29) is 12.5 Å². The molecule has 7 nitrogen and oxygen atoms in total. The Balaban J connectivity index is 1.57. The van der Waals surface area contributed by atoms with E-state index in [1.165, 1.54) is 18.7 Å². The molecule has 2 atom stereocenters. The molecule has 3 N–H and O–H groups in total. The summed E-state index contributed by atoms with van der Waals surface area (Å²) in [6, 6.07) is 14.1. The Kier molecular flexibility index (Phi) is 7.57. The Morgan fingerprint density at radius 3 is 2.16 bits per heavy atom. The van der Waals surface area contributed by atoms with Crippen LogP contribution in [0.1, 0.15) is 30.4 Å². The van der Waals surface area contributed by atoms with Gasteiger partial charge in [0, 0.05) is 5.92 Å². The number of alkyl carbamates (subject to hydrolysis) is 1. The highest BCUT2D eigenvalue weighted by atomic mass is 32.2. The number of carboxylic acids is 1.